The summed E-state index contributed by atoms with van der Waals surface area (Å²) in [6, 6.07) is 18.0. The van der Waals surface area contributed by atoms with Gasteiger partial charge in [0.05, 0.1) is 10.4 Å². The van der Waals surface area contributed by atoms with Crippen molar-refractivity contribution in [3.63, 3.8) is 0 Å². The number of para-hydroxylation sites is 1. The Bertz CT molecular complexity index is 877. The van der Waals surface area contributed by atoms with Gasteiger partial charge in [-0.25, -0.2) is 0 Å². The van der Waals surface area contributed by atoms with Crippen LogP contribution in [0.4, 0.5) is 0 Å². The number of halogens is 1. The van der Waals surface area contributed by atoms with Crippen molar-refractivity contribution < 1.29 is 13.0 Å². The molecule has 0 unspecified atom stereocenters. The molecule has 0 bridgehead atoms. The van der Waals surface area contributed by atoms with Crippen LogP contribution in [0.2, 0.25) is 0 Å². The van der Waals surface area contributed by atoms with Crippen molar-refractivity contribution >= 4 is 37.0 Å². The van der Waals surface area contributed by atoms with Gasteiger partial charge in [-0.15, -0.1) is 0 Å². The average Bonchev–Trinajstić information content (AvgIpc) is 2.47. The lowest BCUT2D eigenvalue weighted by Crippen LogP contribution is -1.96. The van der Waals surface area contributed by atoms with E-state index in [0.29, 0.717) is 0 Å². The molecule has 22 heavy (non-hydrogen) atoms. The van der Waals surface area contributed by atoms with Gasteiger partial charge in [0.1, 0.15) is 0 Å². The van der Waals surface area contributed by atoms with Crippen LogP contribution in [0.1, 0.15) is 5.69 Å². The van der Waals surface area contributed by atoms with Crippen LogP contribution in [0.3, 0.4) is 0 Å². The van der Waals surface area contributed by atoms with Gasteiger partial charge in [0, 0.05) is 15.6 Å². The lowest BCUT2D eigenvalue weighted by molar-refractivity contribution is 0.483. The standard InChI is InChI=1S/C10H9N.C6H5BrO3S/c1-8-6-7-9-4-2-3-5-10(9)11-8;7-5-1-3-6(4-2-5)11(8,9)10/h2-7H,1H3;1-4H,(H,8,9,10). The predicted octanol–water partition coefficient (Wildman–Crippen LogP) is 4.24. The molecular formula is C16H14BrNO3S. The SMILES string of the molecule is Cc1ccc2ccccc2n1.O=S(=O)(O)c1ccc(Br)cc1. The van der Waals surface area contributed by atoms with Crippen molar-refractivity contribution in [2.45, 2.75) is 11.8 Å². The second kappa shape index (κ2) is 7.00. The Labute approximate surface area is 137 Å². The van der Waals surface area contributed by atoms with Crippen molar-refractivity contribution in [2.24, 2.45) is 0 Å². The third kappa shape index (κ3) is 4.62. The summed E-state index contributed by atoms with van der Waals surface area (Å²) in [4.78, 5) is 4.28. The average molecular weight is 380 g/mol. The highest BCUT2D eigenvalue weighted by Gasteiger charge is 2.07. The number of benzene rings is 2. The van der Waals surface area contributed by atoms with Crippen molar-refractivity contribution in [2.75, 3.05) is 0 Å². The zero-order valence-electron chi connectivity index (χ0n) is 11.8. The molecule has 0 aliphatic rings. The van der Waals surface area contributed by atoms with Gasteiger partial charge < -0.3 is 0 Å². The molecule has 0 radical (unpaired) electrons. The first-order valence-electron chi connectivity index (χ1n) is 6.42. The molecule has 1 N–H and O–H groups in total. The molecule has 1 heterocycles. The molecule has 6 heteroatoms. The Morgan fingerprint density at radius 2 is 1.59 bits per heavy atom. The monoisotopic (exact) mass is 379 g/mol. The number of aromatic nitrogens is 1. The second-order valence-corrected chi connectivity index (χ2v) is 6.91. The number of nitrogens with zero attached hydrogens (tertiary/aromatic N) is 1. The van der Waals surface area contributed by atoms with Crippen LogP contribution in [-0.2, 0) is 10.1 Å². The first-order chi connectivity index (χ1) is 10.4. The van der Waals surface area contributed by atoms with Gasteiger partial charge in [-0.3, -0.25) is 9.54 Å². The second-order valence-electron chi connectivity index (χ2n) is 4.57. The van der Waals surface area contributed by atoms with E-state index in [1.807, 2.05) is 31.2 Å². The summed E-state index contributed by atoms with van der Waals surface area (Å²) in [7, 11) is -4.04. The molecule has 0 fully saturated rings. The summed E-state index contributed by atoms with van der Waals surface area (Å²) >= 11 is 3.14. The molecule has 1 aromatic heterocycles. The van der Waals surface area contributed by atoms with Gasteiger partial charge in [-0.05, 0) is 43.3 Å². The molecular weight excluding hydrogens is 366 g/mol. The number of aryl methyl sites for hydroxylation is 1. The summed E-state index contributed by atoms with van der Waals surface area (Å²) in [5, 5.41) is 1.21. The molecule has 2 aromatic carbocycles. The van der Waals surface area contributed by atoms with E-state index in [1.165, 1.54) is 17.5 Å². The van der Waals surface area contributed by atoms with Crippen molar-refractivity contribution in [3.8, 4) is 0 Å². The van der Waals surface area contributed by atoms with E-state index in [0.717, 1.165) is 15.7 Å². The maximum Gasteiger partial charge on any atom is 0.294 e. The third-order valence-electron chi connectivity index (χ3n) is 2.85. The highest BCUT2D eigenvalue weighted by atomic mass is 79.9. The minimum absolute atomic E-state index is 0.0966. The van der Waals surface area contributed by atoms with Crippen LogP contribution < -0.4 is 0 Å². The Morgan fingerprint density at radius 3 is 2.23 bits per heavy atom. The molecule has 0 atom stereocenters. The molecule has 0 saturated carbocycles. The minimum Gasteiger partial charge on any atom is -0.282 e. The van der Waals surface area contributed by atoms with Crippen LogP contribution >= 0.6 is 15.9 Å². The molecule has 0 spiro atoms. The van der Waals surface area contributed by atoms with Crippen molar-refractivity contribution in [3.05, 3.63) is 70.8 Å². The van der Waals surface area contributed by atoms with Gasteiger partial charge >= 0.3 is 0 Å². The summed E-state index contributed by atoms with van der Waals surface area (Å²) < 4.78 is 30.3. The summed E-state index contributed by atoms with van der Waals surface area (Å²) in [6.07, 6.45) is 0. The maximum atomic E-state index is 10.5. The number of pyridine rings is 1. The Balaban J connectivity index is 0.000000160. The zero-order chi connectivity index (χ0) is 16.2. The third-order valence-corrected chi connectivity index (χ3v) is 4.25. The Hall–Kier alpha value is -1.76. The van der Waals surface area contributed by atoms with Gasteiger partial charge in [0.25, 0.3) is 10.1 Å². The molecule has 4 nitrogen and oxygen atoms in total. The van der Waals surface area contributed by atoms with Gasteiger partial charge in [-0.2, -0.15) is 8.42 Å². The van der Waals surface area contributed by atoms with E-state index < -0.39 is 10.1 Å². The van der Waals surface area contributed by atoms with E-state index in [2.05, 4.69) is 33.0 Å². The molecule has 3 rings (SSSR count). The predicted molar refractivity (Wildman–Crippen MR) is 90.4 cm³/mol. The molecule has 0 saturated heterocycles. The maximum absolute atomic E-state index is 10.5. The van der Waals surface area contributed by atoms with Crippen molar-refractivity contribution in [1.82, 2.24) is 4.98 Å². The lowest BCUT2D eigenvalue weighted by atomic mass is 10.2. The summed E-state index contributed by atoms with van der Waals surface area (Å²) in [5.41, 5.74) is 2.15. The topological polar surface area (TPSA) is 67.3 Å². The highest BCUT2D eigenvalue weighted by molar-refractivity contribution is 9.10. The molecule has 3 aromatic rings. The van der Waals surface area contributed by atoms with Crippen LogP contribution in [0.15, 0.2) is 70.0 Å². The first kappa shape index (κ1) is 16.6. The van der Waals surface area contributed by atoms with E-state index >= 15 is 0 Å². The van der Waals surface area contributed by atoms with E-state index in [4.69, 9.17) is 4.55 Å². The van der Waals surface area contributed by atoms with Crippen LogP contribution in [0.25, 0.3) is 10.9 Å². The minimum atomic E-state index is -4.04. The van der Waals surface area contributed by atoms with E-state index in [9.17, 15) is 8.42 Å². The molecule has 0 amide bonds. The largest absolute Gasteiger partial charge is 0.294 e. The Morgan fingerprint density at radius 1 is 0.955 bits per heavy atom. The van der Waals surface area contributed by atoms with Crippen LogP contribution in [0, 0.1) is 6.92 Å². The normalized spacial score (nSPS) is 10.9. The fraction of sp³-hybridized carbons (Fsp3) is 0.0625. The fourth-order valence-electron chi connectivity index (χ4n) is 1.77. The summed E-state index contributed by atoms with van der Waals surface area (Å²) in [5.74, 6) is 0. The smallest absolute Gasteiger partial charge is 0.282 e. The van der Waals surface area contributed by atoms with Crippen LogP contribution in [-0.4, -0.2) is 18.0 Å². The quantitative estimate of drug-likeness (QED) is 0.642. The molecule has 0 aliphatic carbocycles. The number of rotatable bonds is 1. The first-order valence-corrected chi connectivity index (χ1v) is 8.65. The van der Waals surface area contributed by atoms with Crippen LogP contribution in [0.5, 0.6) is 0 Å². The number of hydrogen-bond acceptors (Lipinski definition) is 3. The molecule has 114 valence electrons. The van der Waals surface area contributed by atoms with E-state index in [-0.39, 0.29) is 4.90 Å². The lowest BCUT2D eigenvalue weighted by Gasteiger charge is -1.95. The number of fused-ring (bicyclic) bond motifs is 1. The van der Waals surface area contributed by atoms with Gasteiger partial charge in [0.15, 0.2) is 0 Å². The van der Waals surface area contributed by atoms with Gasteiger partial charge in [0.2, 0.25) is 0 Å². The number of hydrogen-bond donors (Lipinski definition) is 1. The fourth-order valence-corrected chi connectivity index (χ4v) is 2.52. The van der Waals surface area contributed by atoms with Gasteiger partial charge in [-0.1, -0.05) is 40.2 Å². The molecule has 0 aliphatic heterocycles. The zero-order valence-corrected chi connectivity index (χ0v) is 14.2. The van der Waals surface area contributed by atoms with Crippen molar-refractivity contribution in [1.29, 1.82) is 0 Å². The Kier molecular flexibility index (Phi) is 5.28. The summed E-state index contributed by atoms with van der Waals surface area (Å²) in [6.45, 7) is 2.01. The van der Waals surface area contributed by atoms with E-state index in [1.54, 1.807) is 12.1 Å². The highest BCUT2D eigenvalue weighted by Crippen LogP contribution is 2.13.